The molecule has 1 aliphatic carbocycles. The Morgan fingerprint density at radius 1 is 0.811 bits per heavy atom. The summed E-state index contributed by atoms with van der Waals surface area (Å²) in [6, 6.07) is 21.8. The van der Waals surface area contributed by atoms with E-state index in [1.807, 2.05) is 13.8 Å². The second kappa shape index (κ2) is 11.8. The zero-order chi connectivity index (χ0) is 26.4. The van der Waals surface area contributed by atoms with Gasteiger partial charge in [-0.05, 0) is 92.6 Å². The lowest BCUT2D eigenvalue weighted by Gasteiger charge is -2.46. The monoisotopic (exact) mass is 495 g/mol. The van der Waals surface area contributed by atoms with Crippen molar-refractivity contribution >= 4 is 27.7 Å². The summed E-state index contributed by atoms with van der Waals surface area (Å²) in [5.41, 5.74) is 7.08. The maximum atomic E-state index is 13.3. The van der Waals surface area contributed by atoms with E-state index in [-0.39, 0.29) is 10.7 Å². The van der Waals surface area contributed by atoms with Crippen LogP contribution in [0.5, 0.6) is 0 Å². The molecule has 0 heterocycles. The van der Waals surface area contributed by atoms with E-state index >= 15 is 0 Å². The van der Waals surface area contributed by atoms with Crippen LogP contribution in [0.4, 0.5) is 11.4 Å². The first kappa shape index (κ1) is 26.7. The summed E-state index contributed by atoms with van der Waals surface area (Å²) in [6.07, 6.45) is 8.49. The van der Waals surface area contributed by atoms with Crippen molar-refractivity contribution in [2.45, 2.75) is 40.7 Å². The van der Waals surface area contributed by atoms with Gasteiger partial charge in [0.15, 0.2) is 0 Å². The van der Waals surface area contributed by atoms with E-state index in [4.69, 9.17) is 0 Å². The molecule has 194 valence electrons. The minimum atomic E-state index is -0.228. The Bertz CT molecular complexity index is 1280. The molecule has 0 saturated heterocycles. The number of rotatable bonds is 10. The third kappa shape index (κ3) is 5.36. The highest BCUT2D eigenvalue weighted by molar-refractivity contribution is 6.04. The summed E-state index contributed by atoms with van der Waals surface area (Å²) in [7, 11) is 0. The van der Waals surface area contributed by atoms with Gasteiger partial charge in [-0.3, -0.25) is 0 Å². The van der Waals surface area contributed by atoms with Crippen molar-refractivity contribution in [1.82, 2.24) is 0 Å². The predicted molar refractivity (Wildman–Crippen MR) is 161 cm³/mol. The Labute approximate surface area is 222 Å². The van der Waals surface area contributed by atoms with Gasteiger partial charge in [-0.25, -0.2) is 0 Å². The van der Waals surface area contributed by atoms with Gasteiger partial charge in [-0.2, -0.15) is 0 Å². The highest BCUT2D eigenvalue weighted by atomic mass is 16.5. The van der Waals surface area contributed by atoms with Gasteiger partial charge in [0.1, 0.15) is 6.04 Å². The summed E-state index contributed by atoms with van der Waals surface area (Å²) in [5, 5.41) is 19.2. The van der Waals surface area contributed by atoms with Gasteiger partial charge in [0.2, 0.25) is 0 Å². The average molecular weight is 496 g/mol. The molecule has 0 unspecified atom stereocenters. The third-order valence-corrected chi connectivity index (χ3v) is 7.69. The van der Waals surface area contributed by atoms with Crippen LogP contribution in [0.25, 0.3) is 16.3 Å². The van der Waals surface area contributed by atoms with Gasteiger partial charge in [0.25, 0.3) is 0 Å². The lowest BCUT2D eigenvalue weighted by Crippen LogP contribution is -2.48. The molecule has 0 saturated carbocycles. The molecule has 4 heteroatoms. The van der Waals surface area contributed by atoms with E-state index in [0.29, 0.717) is 13.1 Å². The summed E-state index contributed by atoms with van der Waals surface area (Å²) < 4.78 is -0.228. The fourth-order valence-corrected chi connectivity index (χ4v) is 5.42. The van der Waals surface area contributed by atoms with Crippen molar-refractivity contribution in [1.29, 1.82) is 0 Å². The van der Waals surface area contributed by atoms with E-state index < -0.39 is 0 Å². The van der Waals surface area contributed by atoms with E-state index in [0.717, 1.165) is 30.9 Å². The molecule has 0 fully saturated rings. The number of allylic oxidation sites excluding steroid dienone is 3. The molecule has 0 amide bonds. The number of likely N-dealkylation sites (N-methyl/N-ethyl adjacent to an activating group) is 1. The Hall–Kier alpha value is -3.34. The maximum absolute atomic E-state index is 13.3. The van der Waals surface area contributed by atoms with Crippen molar-refractivity contribution < 1.29 is 4.65 Å². The number of hydroxylamine groups is 3. The van der Waals surface area contributed by atoms with Crippen molar-refractivity contribution in [2.75, 3.05) is 42.9 Å². The minimum Gasteiger partial charge on any atom is -0.632 e. The molecule has 0 atom stereocenters. The highest BCUT2D eigenvalue weighted by Crippen LogP contribution is 2.38. The summed E-state index contributed by atoms with van der Waals surface area (Å²) >= 11 is 0. The first-order valence-corrected chi connectivity index (χ1v) is 13.8. The highest BCUT2D eigenvalue weighted by Gasteiger charge is 2.24. The smallest absolute Gasteiger partial charge is 0.127 e. The first-order chi connectivity index (χ1) is 18.0. The van der Waals surface area contributed by atoms with Crippen molar-refractivity contribution in [2.24, 2.45) is 0 Å². The Balaban J connectivity index is 1.90. The Morgan fingerprint density at radius 3 is 2.00 bits per heavy atom. The standard InChI is InChI=1S/C33H41N3O/c1-6-34-32-24-23-31(29-13-11-12-14-30(29)32)33(25-15-19-27(20-16-25)35(7-2)8-3)26-17-21-28(22-18-26)36(37,9-4)10-5/h11-24,28,34H,6-10H2,1-5H3. The molecule has 0 radical (unpaired) electrons. The third-order valence-electron chi connectivity index (χ3n) is 7.69. The molecule has 3 aromatic carbocycles. The molecule has 4 nitrogen and oxygen atoms in total. The predicted octanol–water partition coefficient (Wildman–Crippen LogP) is 7.77. The van der Waals surface area contributed by atoms with E-state index in [1.165, 1.54) is 33.2 Å². The van der Waals surface area contributed by atoms with Gasteiger partial charge in [0, 0.05) is 36.4 Å². The van der Waals surface area contributed by atoms with Gasteiger partial charge >= 0.3 is 0 Å². The van der Waals surface area contributed by atoms with Crippen LogP contribution in [0.1, 0.15) is 45.7 Å². The van der Waals surface area contributed by atoms with Gasteiger partial charge < -0.3 is 20.1 Å². The molecule has 37 heavy (non-hydrogen) atoms. The maximum Gasteiger partial charge on any atom is 0.127 e. The average Bonchev–Trinajstić information content (AvgIpc) is 2.95. The number of fused-ring (bicyclic) bond motifs is 1. The Kier molecular flexibility index (Phi) is 8.52. The fourth-order valence-electron chi connectivity index (χ4n) is 5.42. The molecule has 0 spiro atoms. The van der Waals surface area contributed by atoms with Crippen LogP contribution in [0, 0.1) is 5.21 Å². The van der Waals surface area contributed by atoms with E-state index in [1.54, 1.807) is 0 Å². The molecule has 3 aromatic rings. The number of nitrogens with zero attached hydrogens (tertiary/aromatic N) is 2. The summed E-state index contributed by atoms with van der Waals surface area (Å²) in [4.78, 5) is 2.36. The number of quaternary nitrogens is 1. The van der Waals surface area contributed by atoms with Crippen molar-refractivity contribution in [3.05, 3.63) is 107 Å². The molecule has 1 N–H and O–H groups in total. The molecule has 1 aliphatic rings. The summed E-state index contributed by atoms with van der Waals surface area (Å²) in [6.45, 7) is 14.4. The lowest BCUT2D eigenvalue weighted by molar-refractivity contribution is -0.888. The van der Waals surface area contributed by atoms with Crippen LogP contribution in [-0.2, 0) is 0 Å². The van der Waals surface area contributed by atoms with Gasteiger partial charge in [0.05, 0.1) is 13.1 Å². The van der Waals surface area contributed by atoms with Gasteiger partial charge in [-0.15, -0.1) is 0 Å². The fraction of sp³-hybridized carbons (Fsp3) is 0.333. The van der Waals surface area contributed by atoms with Crippen LogP contribution in [0.15, 0.2) is 90.5 Å². The second-order valence-electron chi connectivity index (χ2n) is 9.58. The van der Waals surface area contributed by atoms with E-state index in [2.05, 4.69) is 116 Å². The number of hydrogen-bond acceptors (Lipinski definition) is 3. The number of benzene rings is 3. The lowest BCUT2D eigenvalue weighted by atomic mass is 9.87. The van der Waals surface area contributed by atoms with Crippen LogP contribution in [-0.4, -0.2) is 43.4 Å². The number of nitrogens with one attached hydrogen (secondary N) is 1. The van der Waals surface area contributed by atoms with Gasteiger partial charge in [-0.1, -0.05) is 54.6 Å². The zero-order valence-corrected chi connectivity index (χ0v) is 23.0. The zero-order valence-electron chi connectivity index (χ0n) is 23.0. The van der Waals surface area contributed by atoms with Crippen molar-refractivity contribution in [3.63, 3.8) is 0 Å². The normalized spacial score (nSPS) is 15.3. The van der Waals surface area contributed by atoms with Crippen LogP contribution in [0.2, 0.25) is 0 Å². The molecular weight excluding hydrogens is 454 g/mol. The molecule has 0 aromatic heterocycles. The number of hydrogen-bond donors (Lipinski definition) is 1. The molecule has 4 rings (SSSR count). The van der Waals surface area contributed by atoms with E-state index in [9.17, 15) is 5.21 Å². The first-order valence-electron chi connectivity index (χ1n) is 13.8. The minimum absolute atomic E-state index is 0.155. The molecule has 0 bridgehead atoms. The Morgan fingerprint density at radius 2 is 1.43 bits per heavy atom. The number of anilines is 2. The van der Waals surface area contributed by atoms with Crippen LogP contribution < -0.4 is 10.2 Å². The van der Waals surface area contributed by atoms with Crippen molar-refractivity contribution in [3.8, 4) is 0 Å². The molecule has 0 aliphatic heterocycles. The summed E-state index contributed by atoms with van der Waals surface area (Å²) in [5.74, 6) is 0. The molecular formula is C33H41N3O. The van der Waals surface area contributed by atoms with Crippen LogP contribution in [0.3, 0.4) is 0 Å². The second-order valence-corrected chi connectivity index (χ2v) is 9.58. The quantitative estimate of drug-likeness (QED) is 0.231. The topological polar surface area (TPSA) is 38.3 Å². The SMILES string of the molecule is CCNc1ccc(C(=C2C=CC([N+]([O-])(CC)CC)C=C2)c2ccc(N(CC)CC)cc2)c2ccccc12. The van der Waals surface area contributed by atoms with Crippen LogP contribution >= 0.6 is 0 Å². The largest absolute Gasteiger partial charge is 0.632 e.